The van der Waals surface area contributed by atoms with Crippen molar-refractivity contribution in [2.75, 3.05) is 0 Å². The number of allylic oxidation sites excluding steroid dienone is 2. The number of hydrogen-bond acceptors (Lipinski definition) is 1. The van der Waals surface area contributed by atoms with E-state index in [1.807, 2.05) is 6.92 Å². The number of aryl methyl sites for hydroxylation is 5. The monoisotopic (exact) mass is 574 g/mol. The largest absolute Gasteiger partial charge is 0.462 e. The van der Waals surface area contributed by atoms with Gasteiger partial charge < -0.3 is 4.42 Å². The van der Waals surface area contributed by atoms with Crippen LogP contribution in [0.3, 0.4) is 0 Å². The molecule has 0 saturated heterocycles. The number of fused-ring (bicyclic) bond motifs is 2. The third-order valence-corrected chi connectivity index (χ3v) is 9.62. The van der Waals surface area contributed by atoms with E-state index in [0.29, 0.717) is 0 Å². The molecule has 0 aliphatic heterocycles. The Morgan fingerprint density at radius 2 is 1.30 bits per heavy atom. The quantitative estimate of drug-likeness (QED) is 0.208. The molecule has 1 heterocycles. The fourth-order valence-electron chi connectivity index (χ4n) is 7.52. The molecule has 44 heavy (non-hydrogen) atoms. The summed E-state index contributed by atoms with van der Waals surface area (Å²) in [6, 6.07) is 29.7. The highest BCUT2D eigenvalue weighted by molar-refractivity contribution is 5.99. The molecule has 1 unspecified atom stereocenters. The average Bonchev–Trinajstić information content (AvgIpc) is 3.68. The first-order valence-corrected chi connectivity index (χ1v) is 15.9. The number of benzene rings is 4. The van der Waals surface area contributed by atoms with Crippen LogP contribution in [0, 0.1) is 34.6 Å². The van der Waals surface area contributed by atoms with Crippen LogP contribution in [0.4, 0.5) is 0 Å². The summed E-state index contributed by atoms with van der Waals surface area (Å²) in [6.45, 7) is 17.8. The van der Waals surface area contributed by atoms with Gasteiger partial charge in [0.2, 0.25) is 0 Å². The molecule has 0 fully saturated rings. The maximum absolute atomic E-state index is 6.34. The number of rotatable bonds is 4. The molecule has 0 N–H and O–H groups in total. The fraction of sp³-hybridized carbons (Fsp3) is 0.256. The summed E-state index contributed by atoms with van der Waals surface area (Å²) in [5.41, 5.74) is 20.2. The Bertz CT molecular complexity index is 1980. The van der Waals surface area contributed by atoms with Crippen molar-refractivity contribution in [3.05, 3.63) is 146 Å². The van der Waals surface area contributed by atoms with Gasteiger partial charge in [0.25, 0.3) is 0 Å². The van der Waals surface area contributed by atoms with Crippen molar-refractivity contribution in [2.24, 2.45) is 0 Å². The third-order valence-electron chi connectivity index (χ3n) is 9.62. The second kappa shape index (κ2) is 10.4. The molecular weight excluding hydrogens is 532 g/mol. The number of hydrogen-bond donors (Lipinski definition) is 0. The first kappa shape index (κ1) is 28.4. The zero-order valence-corrected chi connectivity index (χ0v) is 27.4. The van der Waals surface area contributed by atoms with Gasteiger partial charge in [-0.2, -0.15) is 0 Å². The molecule has 0 amide bonds. The van der Waals surface area contributed by atoms with E-state index in [1.165, 1.54) is 83.5 Å². The van der Waals surface area contributed by atoms with E-state index >= 15 is 0 Å². The van der Waals surface area contributed by atoms with E-state index in [0.717, 1.165) is 17.9 Å². The first-order chi connectivity index (χ1) is 21.0. The van der Waals surface area contributed by atoms with Crippen molar-refractivity contribution >= 4 is 17.7 Å². The molecule has 5 aromatic rings. The van der Waals surface area contributed by atoms with E-state index in [4.69, 9.17) is 4.42 Å². The zero-order chi connectivity index (χ0) is 30.9. The van der Waals surface area contributed by atoms with Crippen LogP contribution in [0.1, 0.15) is 88.3 Å². The molecule has 1 heteroatoms. The van der Waals surface area contributed by atoms with Gasteiger partial charge in [-0.3, -0.25) is 0 Å². The molecule has 4 aromatic carbocycles. The van der Waals surface area contributed by atoms with Gasteiger partial charge in [0, 0.05) is 11.5 Å². The third kappa shape index (κ3) is 4.80. The maximum atomic E-state index is 6.34. The van der Waals surface area contributed by atoms with Gasteiger partial charge in [-0.1, -0.05) is 110 Å². The molecule has 2 aliphatic rings. The van der Waals surface area contributed by atoms with Gasteiger partial charge in [0.05, 0.1) is 0 Å². The lowest BCUT2D eigenvalue weighted by atomic mass is 9.83. The van der Waals surface area contributed by atoms with Gasteiger partial charge in [0.1, 0.15) is 11.5 Å². The summed E-state index contributed by atoms with van der Waals surface area (Å²) in [6.07, 6.45) is 5.85. The molecule has 1 aromatic heterocycles. The molecule has 0 saturated carbocycles. The Morgan fingerprint density at radius 3 is 1.93 bits per heavy atom. The molecule has 0 spiro atoms. The SMILES string of the molecule is Cc1cc(C)cc(-c2c(C)ccc3c2C=C(C2C(c4ccc(C)o4)=Cc4c2ccc(C)c4-c2ccc(C(C)(C)C)cc2)C3)c1. The van der Waals surface area contributed by atoms with E-state index < -0.39 is 0 Å². The van der Waals surface area contributed by atoms with E-state index in [-0.39, 0.29) is 11.3 Å². The summed E-state index contributed by atoms with van der Waals surface area (Å²) in [4.78, 5) is 0. The lowest BCUT2D eigenvalue weighted by Crippen LogP contribution is -2.10. The molecule has 220 valence electrons. The molecule has 2 aliphatic carbocycles. The average molecular weight is 575 g/mol. The van der Waals surface area contributed by atoms with Crippen molar-refractivity contribution in [3.8, 4) is 22.3 Å². The minimum absolute atomic E-state index is 0.125. The summed E-state index contributed by atoms with van der Waals surface area (Å²) in [7, 11) is 0. The van der Waals surface area contributed by atoms with Crippen molar-refractivity contribution in [1.29, 1.82) is 0 Å². The lowest BCUT2D eigenvalue weighted by molar-refractivity contribution is 0.519. The van der Waals surface area contributed by atoms with Crippen LogP contribution in [0.25, 0.3) is 40.0 Å². The van der Waals surface area contributed by atoms with Crippen molar-refractivity contribution in [2.45, 2.75) is 73.1 Å². The molecule has 0 radical (unpaired) electrons. The molecular formula is C43H42O. The van der Waals surface area contributed by atoms with Crippen LogP contribution in [-0.4, -0.2) is 0 Å². The highest BCUT2D eigenvalue weighted by Crippen LogP contribution is 2.53. The molecule has 1 atom stereocenters. The van der Waals surface area contributed by atoms with Gasteiger partial charge in [-0.15, -0.1) is 0 Å². The van der Waals surface area contributed by atoms with Crippen LogP contribution in [0.2, 0.25) is 0 Å². The van der Waals surface area contributed by atoms with Gasteiger partial charge in [0.15, 0.2) is 0 Å². The summed E-state index contributed by atoms with van der Waals surface area (Å²) in [5.74, 6) is 2.06. The second-order valence-corrected chi connectivity index (χ2v) is 14.1. The predicted molar refractivity (Wildman–Crippen MR) is 187 cm³/mol. The zero-order valence-electron chi connectivity index (χ0n) is 27.4. The van der Waals surface area contributed by atoms with Crippen LogP contribution in [0.5, 0.6) is 0 Å². The fourth-order valence-corrected chi connectivity index (χ4v) is 7.52. The Morgan fingerprint density at radius 1 is 0.636 bits per heavy atom. The number of furan rings is 1. The van der Waals surface area contributed by atoms with E-state index in [2.05, 4.69) is 139 Å². The molecule has 0 bridgehead atoms. The van der Waals surface area contributed by atoms with Crippen LogP contribution in [0.15, 0.2) is 88.9 Å². The summed E-state index contributed by atoms with van der Waals surface area (Å²) < 4.78 is 6.34. The highest BCUT2D eigenvalue weighted by Gasteiger charge is 2.35. The maximum Gasteiger partial charge on any atom is 0.131 e. The Balaban J connectivity index is 1.40. The Labute approximate surface area is 263 Å². The Kier molecular flexibility index (Phi) is 6.70. The minimum atomic E-state index is 0.125. The second-order valence-electron chi connectivity index (χ2n) is 14.1. The minimum Gasteiger partial charge on any atom is -0.462 e. The summed E-state index contributed by atoms with van der Waals surface area (Å²) in [5, 5.41) is 0. The van der Waals surface area contributed by atoms with Crippen molar-refractivity contribution in [3.63, 3.8) is 0 Å². The normalized spacial score (nSPS) is 15.7. The van der Waals surface area contributed by atoms with Crippen LogP contribution < -0.4 is 0 Å². The Hall–Kier alpha value is -4.36. The highest BCUT2D eigenvalue weighted by atomic mass is 16.3. The smallest absolute Gasteiger partial charge is 0.131 e. The lowest BCUT2D eigenvalue weighted by Gasteiger charge is -2.21. The summed E-state index contributed by atoms with van der Waals surface area (Å²) >= 11 is 0. The predicted octanol–water partition coefficient (Wildman–Crippen LogP) is 11.7. The standard InChI is InChI=1S/C43H42O/c1-25-19-26(2)21-32(20-25)41-27(3)9-12-31-22-33(23-36(31)41)42-35-17-10-28(4)40(30-13-15-34(16-14-30)43(6,7)8)37(35)24-38(42)39-18-11-29(5)44-39/h9-21,23-24,42H,22H2,1-8H3. The van der Waals surface area contributed by atoms with E-state index in [1.54, 1.807) is 0 Å². The van der Waals surface area contributed by atoms with Crippen molar-refractivity contribution < 1.29 is 4.42 Å². The van der Waals surface area contributed by atoms with E-state index in [9.17, 15) is 0 Å². The topological polar surface area (TPSA) is 13.1 Å². The van der Waals surface area contributed by atoms with Crippen LogP contribution in [-0.2, 0) is 11.8 Å². The van der Waals surface area contributed by atoms with Gasteiger partial charge in [-0.25, -0.2) is 0 Å². The molecule has 1 nitrogen and oxygen atoms in total. The molecule has 7 rings (SSSR count). The van der Waals surface area contributed by atoms with Crippen molar-refractivity contribution in [1.82, 2.24) is 0 Å². The first-order valence-electron chi connectivity index (χ1n) is 15.9. The van der Waals surface area contributed by atoms with Gasteiger partial charge in [-0.05, 0) is 126 Å². The van der Waals surface area contributed by atoms with Gasteiger partial charge >= 0.3 is 0 Å². The van der Waals surface area contributed by atoms with Crippen LogP contribution >= 0.6 is 0 Å².